The van der Waals surface area contributed by atoms with E-state index in [2.05, 4.69) is 42.2 Å². The summed E-state index contributed by atoms with van der Waals surface area (Å²) in [5.74, 6) is -7.10. The number of primary amides is 1. The van der Waals surface area contributed by atoms with E-state index in [4.69, 9.17) is 11.5 Å². The SMILES string of the molecule is C[C@@]12CCCN1C(=O)[C@H](Cc1ccc(O)cc1)NC(=O)CN1C(=O)[C@H](CCc3ccccc31)NC(=O)[C@H](CC1=CCc3ccc(F)cc31)NC(=O)[C@H](Cc1c[nH]c3ccc(F)cc13)NC(=O)CNC(=O)[C@H](CCCCN)NC(=O)CCSCc1cccc(c1)CSC[C@@H](C(N)=O)NC2=O. The summed E-state index contributed by atoms with van der Waals surface area (Å²) in [5.41, 5.74) is 16.2. The van der Waals surface area contributed by atoms with Gasteiger partial charge in [-0.25, -0.2) is 8.78 Å². The maximum atomic E-state index is 15.3. The molecule has 1 aromatic heterocycles. The van der Waals surface area contributed by atoms with E-state index in [1.54, 1.807) is 61.7 Å². The number of amides is 10. The molecule has 4 aliphatic rings. The van der Waals surface area contributed by atoms with Crippen molar-refractivity contribution in [2.45, 2.75) is 137 Å². The molecular weight excluding hydrogens is 1310 g/mol. The average molecular weight is 1390 g/mol. The van der Waals surface area contributed by atoms with Crippen molar-refractivity contribution in [3.8, 4) is 5.75 Å². The molecule has 27 heteroatoms. The first kappa shape index (κ1) is 72.2. The molecule has 0 spiro atoms. The fourth-order valence-corrected chi connectivity index (χ4v) is 14.9. The number of carbonyl (C=O) groups excluding carboxylic acids is 10. The lowest BCUT2D eigenvalue weighted by atomic mass is 9.95. The van der Waals surface area contributed by atoms with Gasteiger partial charge < -0.3 is 68.6 Å². The van der Waals surface area contributed by atoms with E-state index in [1.807, 2.05) is 24.3 Å². The molecule has 10 amide bonds. The molecule has 0 unspecified atom stereocenters. The van der Waals surface area contributed by atoms with Gasteiger partial charge in [0.15, 0.2) is 0 Å². The largest absolute Gasteiger partial charge is 0.508 e. The van der Waals surface area contributed by atoms with Crippen LogP contribution in [-0.2, 0) is 85.1 Å². The highest BCUT2D eigenvalue weighted by molar-refractivity contribution is 7.98. The molecule has 1 fully saturated rings. The number of thioether (sulfide) groups is 2. The van der Waals surface area contributed by atoms with E-state index >= 15 is 23.6 Å². The Morgan fingerprint density at radius 1 is 0.687 bits per heavy atom. The number of phenols is 1. The number of carbonyl (C=O) groups is 10. The van der Waals surface area contributed by atoms with Gasteiger partial charge in [0.05, 0.1) is 6.54 Å². The number of para-hydroxylation sites is 1. The van der Waals surface area contributed by atoms with Gasteiger partial charge in [-0.15, -0.1) is 0 Å². The topological polar surface area (TPSA) is 349 Å². The maximum absolute atomic E-state index is 15.3. The van der Waals surface area contributed by atoms with Gasteiger partial charge in [-0.2, -0.15) is 23.5 Å². The van der Waals surface area contributed by atoms with Gasteiger partial charge in [-0.05, 0) is 158 Å². The second-order valence-electron chi connectivity index (χ2n) is 25.5. The number of aromatic hydroxyl groups is 1. The highest BCUT2D eigenvalue weighted by atomic mass is 32.2. The third kappa shape index (κ3) is 18.6. The summed E-state index contributed by atoms with van der Waals surface area (Å²) < 4.78 is 29.9. The number of benzene rings is 5. The van der Waals surface area contributed by atoms with Crippen molar-refractivity contribution >= 4 is 105 Å². The number of allylic oxidation sites excluding steroid dienone is 1. The molecule has 0 saturated carbocycles. The van der Waals surface area contributed by atoms with Crippen molar-refractivity contribution in [2.75, 3.05) is 42.6 Å². The molecule has 7 atom stereocenters. The van der Waals surface area contributed by atoms with E-state index in [1.165, 1.54) is 75.8 Å². The van der Waals surface area contributed by atoms with Gasteiger partial charge in [0.2, 0.25) is 59.1 Å². The highest BCUT2D eigenvalue weighted by Gasteiger charge is 2.48. The predicted octanol–water partition coefficient (Wildman–Crippen LogP) is 4.54. The molecule has 1 aliphatic carbocycles. The first-order valence-corrected chi connectivity index (χ1v) is 35.5. The minimum atomic E-state index is -1.54. The van der Waals surface area contributed by atoms with Gasteiger partial charge in [-0.1, -0.05) is 66.7 Å². The van der Waals surface area contributed by atoms with Crippen LogP contribution >= 0.6 is 23.5 Å². The number of fused-ring (bicyclic) bond motifs is 9. The van der Waals surface area contributed by atoms with Crippen molar-refractivity contribution in [2.24, 2.45) is 11.5 Å². The minimum absolute atomic E-state index is 0.00397. The molecule has 5 aromatic carbocycles. The Morgan fingerprint density at radius 3 is 2.18 bits per heavy atom. The Hall–Kier alpha value is -9.60. The second kappa shape index (κ2) is 33.3. The lowest BCUT2D eigenvalue weighted by molar-refractivity contribution is -0.147. The number of nitrogens with two attached hydrogens (primary N) is 2. The van der Waals surface area contributed by atoms with E-state index in [0.29, 0.717) is 93.9 Å². The average Bonchev–Trinajstić information content (AvgIpc) is 1.69. The zero-order valence-corrected chi connectivity index (χ0v) is 56.4. The van der Waals surface area contributed by atoms with Gasteiger partial charge in [0, 0.05) is 78.0 Å². The van der Waals surface area contributed by atoms with Crippen LogP contribution in [0.15, 0.2) is 121 Å². The number of hydrogen-bond donors (Lipinski definition) is 11. The number of H-pyrrole nitrogens is 1. The van der Waals surface area contributed by atoms with Crippen molar-refractivity contribution in [1.29, 1.82) is 0 Å². The molecule has 99 heavy (non-hydrogen) atoms. The number of rotatable bonds is 11. The first-order chi connectivity index (χ1) is 47.6. The van der Waals surface area contributed by atoms with Crippen LogP contribution < -0.4 is 53.6 Å². The highest BCUT2D eigenvalue weighted by Crippen LogP contribution is 2.34. The van der Waals surface area contributed by atoms with Crippen LogP contribution in [0.5, 0.6) is 5.75 Å². The zero-order valence-electron chi connectivity index (χ0n) is 54.8. The molecule has 13 N–H and O–H groups in total. The summed E-state index contributed by atoms with van der Waals surface area (Å²) >= 11 is 2.85. The first-order valence-electron chi connectivity index (χ1n) is 33.1. The van der Waals surface area contributed by atoms with Crippen LogP contribution in [0.25, 0.3) is 16.5 Å². The molecule has 23 nitrogen and oxygen atoms in total. The molecule has 3 aliphatic heterocycles. The molecule has 4 heterocycles. The number of phenolic OH excluding ortho intramolecular Hbond substituents is 1. The predicted molar refractivity (Wildman–Crippen MR) is 373 cm³/mol. The number of halogens is 2. The third-order valence-corrected chi connectivity index (χ3v) is 20.5. The van der Waals surface area contributed by atoms with Crippen molar-refractivity contribution in [1.82, 2.24) is 47.1 Å². The number of aromatic nitrogens is 1. The van der Waals surface area contributed by atoms with Crippen LogP contribution in [0.2, 0.25) is 0 Å². The van der Waals surface area contributed by atoms with Gasteiger partial charge in [-0.3, -0.25) is 47.9 Å². The van der Waals surface area contributed by atoms with Crippen LogP contribution in [0, 0.1) is 11.6 Å². The molecule has 10 rings (SSSR count). The van der Waals surface area contributed by atoms with Crippen LogP contribution in [-0.4, -0.2) is 154 Å². The summed E-state index contributed by atoms with van der Waals surface area (Å²) in [7, 11) is 0. The zero-order chi connectivity index (χ0) is 70.3. The fourth-order valence-electron chi connectivity index (χ4n) is 13.0. The number of unbranched alkanes of at least 4 members (excludes halogenated alkanes) is 1. The minimum Gasteiger partial charge on any atom is -0.508 e. The number of hydrogen-bond acceptors (Lipinski definition) is 14. The van der Waals surface area contributed by atoms with Crippen LogP contribution in [0.4, 0.5) is 14.5 Å². The van der Waals surface area contributed by atoms with E-state index < -0.39 is 126 Å². The molecule has 1 saturated heterocycles. The summed E-state index contributed by atoms with van der Waals surface area (Å²) in [5, 5.41) is 30.0. The molecule has 6 aromatic rings. The van der Waals surface area contributed by atoms with Gasteiger partial charge in [0.25, 0.3) is 0 Å². The quantitative estimate of drug-likeness (QED) is 0.0794. The van der Waals surface area contributed by atoms with Gasteiger partial charge >= 0.3 is 0 Å². The number of aryl methyl sites for hydroxylation is 1. The molecule has 0 radical (unpaired) electrons. The molecule has 522 valence electrons. The normalized spacial score (nSPS) is 23.2. The van der Waals surface area contributed by atoms with Crippen LogP contribution in [0.1, 0.15) is 97.2 Å². The Kier molecular flexibility index (Phi) is 24.3. The summed E-state index contributed by atoms with van der Waals surface area (Å²) in [6.07, 6.45) is 5.05. The van der Waals surface area contributed by atoms with E-state index in [-0.39, 0.29) is 69.4 Å². The number of nitrogens with zero attached hydrogens (tertiary/aromatic N) is 2. The Labute approximate surface area is 579 Å². The summed E-state index contributed by atoms with van der Waals surface area (Å²) in [6.45, 7) is 0.652. The Balaban J connectivity index is 0.970. The van der Waals surface area contributed by atoms with Gasteiger partial charge in [0.1, 0.15) is 65.7 Å². The van der Waals surface area contributed by atoms with Crippen molar-refractivity contribution < 1.29 is 61.8 Å². The molecular formula is C72H82F2N12O11S2. The third-order valence-electron chi connectivity index (χ3n) is 18.4. The second-order valence-corrected chi connectivity index (χ2v) is 27.7. The smallest absolute Gasteiger partial charge is 0.250 e. The Morgan fingerprint density at radius 2 is 1.40 bits per heavy atom. The monoisotopic (exact) mass is 1390 g/mol. The number of aromatic amines is 1. The lowest BCUT2D eigenvalue weighted by Gasteiger charge is -2.37. The van der Waals surface area contributed by atoms with E-state index in [9.17, 15) is 38.3 Å². The molecule has 4 bridgehead atoms. The van der Waals surface area contributed by atoms with E-state index in [0.717, 1.165) is 16.7 Å². The summed E-state index contributed by atoms with van der Waals surface area (Å²) in [6, 6.07) is 20.8. The standard InChI is InChI=1S/C72H82F2N12O11S2/c1-72-26-7-28-86(72)70(96)59(31-42-13-21-51(87)22-14-42)81-64(90)38-85-61-12-3-2-10-46(61)18-23-56(69(85)95)82-68(94)58(32-47-16-15-45-17-19-49(73)34-52(45)47)83-67(93)57(33-48-36-77-54-24-20-50(74)35-53(48)54)80-63(89)37-78-66(92)55(11-4-5-27-75)79-62(88)25-29-98-39-43-8-6-9-44(30-43)40-99-41-60(65(76)91)84-71(72)97/h2-3,6,8-10,12-14,16-17,19-22,24,30,34-36,55-60,77,87H,4-5,7,11,15,18,23,25-29,31-33,37-41,75H2,1H3,(H2,76,91)(H,78,92)(H,79,88)(H,80,89)(H,81,90)(H,82,94)(H,83,93)(H,84,97)/t55-,56-,57-,58-,59-,60-,72-/m0/s1. The fraction of sp³-hybridized carbons (Fsp3) is 0.389. The summed E-state index contributed by atoms with van der Waals surface area (Å²) in [4.78, 5) is 151. The van der Waals surface area contributed by atoms with Crippen molar-refractivity contribution in [3.05, 3.63) is 172 Å². The number of anilines is 1. The number of nitrogens with one attached hydrogen (secondary N) is 8. The van der Waals surface area contributed by atoms with Crippen molar-refractivity contribution in [3.63, 3.8) is 0 Å². The Bertz CT molecular complexity index is 4060. The lowest BCUT2D eigenvalue weighted by Crippen LogP contribution is -2.62. The van der Waals surface area contributed by atoms with Crippen LogP contribution in [0.3, 0.4) is 0 Å². The maximum Gasteiger partial charge on any atom is 0.250 e.